The van der Waals surface area contributed by atoms with Crippen molar-refractivity contribution in [1.82, 2.24) is 0 Å². The van der Waals surface area contributed by atoms with E-state index in [1.165, 1.54) is 11.1 Å². The molecule has 0 heterocycles. The van der Waals surface area contributed by atoms with Crippen molar-refractivity contribution in [3.63, 3.8) is 0 Å². The summed E-state index contributed by atoms with van der Waals surface area (Å²) in [4.78, 5) is 10.5. The third-order valence-electron chi connectivity index (χ3n) is 2.01. The van der Waals surface area contributed by atoms with Crippen LogP contribution >= 0.6 is 0 Å². The fraction of sp³-hybridized carbons (Fsp3) is 0.364. The standard InChI is InChI=1S/C11H15NO.Ag/c1-9-5-7-10(8-6-9)3-2-4-11(12)13;/h5-8H,2-4H2,1H3,(H2,12,13);. The Morgan fingerprint density at radius 3 is 2.36 bits per heavy atom. The van der Waals surface area contributed by atoms with Crippen molar-refractivity contribution in [2.24, 2.45) is 5.73 Å². The van der Waals surface area contributed by atoms with E-state index in [1.54, 1.807) is 0 Å². The number of carbonyl (C=O) groups is 1. The quantitative estimate of drug-likeness (QED) is 0.842. The van der Waals surface area contributed by atoms with Crippen LogP contribution in [0.5, 0.6) is 0 Å². The molecule has 0 aliphatic rings. The van der Waals surface area contributed by atoms with Crippen molar-refractivity contribution in [1.29, 1.82) is 0 Å². The van der Waals surface area contributed by atoms with Gasteiger partial charge in [-0.05, 0) is 25.3 Å². The van der Waals surface area contributed by atoms with Crippen LogP contribution in [-0.4, -0.2) is 5.91 Å². The topological polar surface area (TPSA) is 43.1 Å². The molecule has 0 bridgehead atoms. The molecular formula is C11H15AgNO. The van der Waals surface area contributed by atoms with E-state index in [2.05, 4.69) is 31.2 Å². The molecule has 0 spiro atoms. The molecule has 1 radical (unpaired) electrons. The van der Waals surface area contributed by atoms with Gasteiger partial charge in [-0.1, -0.05) is 29.8 Å². The predicted octanol–water partition coefficient (Wildman–Crippen LogP) is 1.80. The van der Waals surface area contributed by atoms with Gasteiger partial charge in [0.1, 0.15) is 0 Å². The van der Waals surface area contributed by atoms with E-state index in [0.29, 0.717) is 6.42 Å². The summed E-state index contributed by atoms with van der Waals surface area (Å²) in [6, 6.07) is 8.35. The van der Waals surface area contributed by atoms with Gasteiger partial charge in [-0.2, -0.15) is 0 Å². The van der Waals surface area contributed by atoms with Gasteiger partial charge in [0.15, 0.2) is 0 Å². The number of amides is 1. The van der Waals surface area contributed by atoms with Crippen LogP contribution in [0.15, 0.2) is 24.3 Å². The van der Waals surface area contributed by atoms with E-state index < -0.39 is 0 Å². The molecule has 2 nitrogen and oxygen atoms in total. The Morgan fingerprint density at radius 1 is 1.29 bits per heavy atom. The van der Waals surface area contributed by atoms with Gasteiger partial charge in [0, 0.05) is 28.8 Å². The maximum Gasteiger partial charge on any atom is 0.217 e. The maximum absolute atomic E-state index is 10.5. The van der Waals surface area contributed by atoms with Crippen LogP contribution in [0.3, 0.4) is 0 Å². The molecule has 3 heteroatoms. The van der Waals surface area contributed by atoms with Crippen molar-refractivity contribution < 1.29 is 27.2 Å². The Morgan fingerprint density at radius 2 is 1.86 bits per heavy atom. The van der Waals surface area contributed by atoms with E-state index >= 15 is 0 Å². The van der Waals surface area contributed by atoms with Gasteiger partial charge < -0.3 is 5.73 Å². The van der Waals surface area contributed by atoms with E-state index in [-0.39, 0.29) is 28.3 Å². The normalized spacial score (nSPS) is 9.21. The van der Waals surface area contributed by atoms with E-state index in [9.17, 15) is 4.79 Å². The number of hydrogen-bond donors (Lipinski definition) is 1. The Bertz CT molecular complexity index is 282. The zero-order chi connectivity index (χ0) is 9.68. The zero-order valence-corrected chi connectivity index (χ0v) is 9.70. The fourth-order valence-electron chi connectivity index (χ4n) is 1.22. The molecule has 2 N–H and O–H groups in total. The second-order valence-electron chi connectivity index (χ2n) is 3.31. The molecule has 0 aliphatic heterocycles. The minimum absolute atomic E-state index is 0. The van der Waals surface area contributed by atoms with Crippen LogP contribution in [0.2, 0.25) is 0 Å². The first-order valence-electron chi connectivity index (χ1n) is 4.52. The SMILES string of the molecule is Cc1ccc(CCCC(N)=O)cc1.[Ag]. The molecule has 14 heavy (non-hydrogen) atoms. The van der Waals surface area contributed by atoms with E-state index in [0.717, 1.165) is 12.8 Å². The first-order chi connectivity index (χ1) is 6.18. The molecule has 0 fully saturated rings. The third kappa shape index (κ3) is 5.22. The molecule has 1 rings (SSSR count). The Balaban J connectivity index is 0.00000169. The summed E-state index contributed by atoms with van der Waals surface area (Å²) in [7, 11) is 0. The van der Waals surface area contributed by atoms with E-state index in [1.807, 2.05) is 0 Å². The predicted molar refractivity (Wildman–Crippen MR) is 53.3 cm³/mol. The maximum atomic E-state index is 10.5. The summed E-state index contributed by atoms with van der Waals surface area (Å²) in [6.45, 7) is 2.06. The molecule has 0 aliphatic carbocycles. The van der Waals surface area contributed by atoms with Gasteiger partial charge in [0.25, 0.3) is 0 Å². The zero-order valence-electron chi connectivity index (χ0n) is 8.22. The Kier molecular flexibility index (Phi) is 6.54. The van der Waals surface area contributed by atoms with Crippen molar-refractivity contribution >= 4 is 5.91 Å². The number of primary amides is 1. The number of nitrogens with two attached hydrogens (primary N) is 1. The van der Waals surface area contributed by atoms with Crippen LogP contribution in [0, 0.1) is 6.92 Å². The molecule has 0 unspecified atom stereocenters. The van der Waals surface area contributed by atoms with Crippen LogP contribution in [0.4, 0.5) is 0 Å². The van der Waals surface area contributed by atoms with Crippen LogP contribution < -0.4 is 5.73 Å². The number of carbonyl (C=O) groups excluding carboxylic acids is 1. The molecular weight excluding hydrogens is 270 g/mol. The van der Waals surface area contributed by atoms with Crippen LogP contribution in [0.25, 0.3) is 0 Å². The molecule has 0 saturated carbocycles. The molecule has 1 aromatic carbocycles. The number of benzene rings is 1. The van der Waals surface area contributed by atoms with Crippen molar-refractivity contribution in [2.75, 3.05) is 0 Å². The van der Waals surface area contributed by atoms with E-state index in [4.69, 9.17) is 5.73 Å². The summed E-state index contributed by atoms with van der Waals surface area (Å²) in [6.07, 6.45) is 2.26. The van der Waals surface area contributed by atoms with Crippen molar-refractivity contribution in [3.8, 4) is 0 Å². The van der Waals surface area contributed by atoms with Crippen molar-refractivity contribution in [2.45, 2.75) is 26.2 Å². The van der Waals surface area contributed by atoms with Crippen LogP contribution in [-0.2, 0) is 33.6 Å². The largest absolute Gasteiger partial charge is 0.370 e. The summed E-state index contributed by atoms with van der Waals surface area (Å²) in [5.41, 5.74) is 7.57. The fourth-order valence-corrected chi connectivity index (χ4v) is 1.22. The Hall–Kier alpha value is -0.570. The number of hydrogen-bond acceptors (Lipinski definition) is 1. The summed E-state index contributed by atoms with van der Waals surface area (Å²) >= 11 is 0. The number of aryl methyl sites for hydroxylation is 2. The first-order valence-corrected chi connectivity index (χ1v) is 4.52. The molecule has 0 aromatic heterocycles. The Labute approximate surface area is 100 Å². The van der Waals surface area contributed by atoms with Gasteiger partial charge in [-0.3, -0.25) is 4.79 Å². The average Bonchev–Trinajstić information content (AvgIpc) is 2.08. The van der Waals surface area contributed by atoms with Gasteiger partial charge in [0.05, 0.1) is 0 Å². The molecule has 1 amide bonds. The van der Waals surface area contributed by atoms with Gasteiger partial charge >= 0.3 is 0 Å². The van der Waals surface area contributed by atoms with Gasteiger partial charge in [-0.25, -0.2) is 0 Å². The summed E-state index contributed by atoms with van der Waals surface area (Å²) in [5.74, 6) is -0.216. The van der Waals surface area contributed by atoms with Crippen LogP contribution in [0.1, 0.15) is 24.0 Å². The average molecular weight is 285 g/mol. The van der Waals surface area contributed by atoms with Gasteiger partial charge in [-0.15, -0.1) is 0 Å². The minimum atomic E-state index is -0.216. The number of rotatable bonds is 4. The molecule has 0 saturated heterocycles. The monoisotopic (exact) mass is 284 g/mol. The summed E-state index contributed by atoms with van der Waals surface area (Å²) in [5, 5.41) is 0. The second-order valence-corrected chi connectivity index (χ2v) is 3.31. The molecule has 1 aromatic rings. The second kappa shape index (κ2) is 6.82. The smallest absolute Gasteiger partial charge is 0.217 e. The summed E-state index contributed by atoms with van der Waals surface area (Å²) < 4.78 is 0. The minimum Gasteiger partial charge on any atom is -0.370 e. The van der Waals surface area contributed by atoms with Gasteiger partial charge in [0.2, 0.25) is 5.91 Å². The molecule has 81 valence electrons. The third-order valence-corrected chi connectivity index (χ3v) is 2.01. The molecule has 0 atom stereocenters. The first kappa shape index (κ1) is 13.4. The van der Waals surface area contributed by atoms with Crippen molar-refractivity contribution in [3.05, 3.63) is 35.4 Å².